The number of hydrogen-bond acceptors (Lipinski definition) is 3. The molecule has 1 aliphatic rings. The third-order valence-electron chi connectivity index (χ3n) is 3.22. The van der Waals surface area contributed by atoms with Gasteiger partial charge in [0.05, 0.1) is 25.9 Å². The second-order valence-electron chi connectivity index (χ2n) is 5.11. The zero-order valence-corrected chi connectivity index (χ0v) is 11.3. The molecule has 1 unspecified atom stereocenters. The predicted octanol–water partition coefficient (Wildman–Crippen LogP) is 2.32. The van der Waals surface area contributed by atoms with Gasteiger partial charge in [0.15, 0.2) is 0 Å². The van der Waals surface area contributed by atoms with E-state index in [4.69, 9.17) is 9.47 Å². The molecule has 1 N–H and O–H groups in total. The first-order valence-corrected chi connectivity index (χ1v) is 6.74. The lowest BCUT2D eigenvalue weighted by atomic mass is 10.0. The summed E-state index contributed by atoms with van der Waals surface area (Å²) in [6.45, 7) is 8.38. The number of hydrogen-bond donors (Lipinski definition) is 1. The molecule has 1 aliphatic heterocycles. The summed E-state index contributed by atoms with van der Waals surface area (Å²) in [6, 6.07) is 8.66. The van der Waals surface area contributed by atoms with Gasteiger partial charge in [-0.2, -0.15) is 0 Å². The van der Waals surface area contributed by atoms with Gasteiger partial charge in [0.1, 0.15) is 0 Å². The number of morpholine rings is 1. The maximum Gasteiger partial charge on any atom is 0.0933 e. The highest BCUT2D eigenvalue weighted by atomic mass is 16.5. The molecule has 2 rings (SSSR count). The van der Waals surface area contributed by atoms with Gasteiger partial charge >= 0.3 is 0 Å². The summed E-state index contributed by atoms with van der Waals surface area (Å²) in [5, 5.41) is 3.30. The van der Waals surface area contributed by atoms with Gasteiger partial charge in [0.2, 0.25) is 0 Å². The zero-order chi connectivity index (χ0) is 12.8. The summed E-state index contributed by atoms with van der Waals surface area (Å²) in [5.74, 6) is 0.585. The summed E-state index contributed by atoms with van der Waals surface area (Å²) in [5.41, 5.74) is 2.60. The zero-order valence-electron chi connectivity index (χ0n) is 11.3. The Hall–Kier alpha value is -0.900. The van der Waals surface area contributed by atoms with Crippen LogP contribution in [-0.2, 0) is 16.1 Å². The third kappa shape index (κ3) is 4.09. The molecule has 3 heteroatoms. The Morgan fingerprint density at radius 1 is 1.33 bits per heavy atom. The standard InChI is InChI=1S/C15H23NO2/c1-12(2)14-5-3-13(4-6-14)10-17-11-15-9-16-7-8-18-15/h3-6,12,15-16H,7-11H2,1-2H3. The van der Waals surface area contributed by atoms with Crippen LogP contribution in [0.5, 0.6) is 0 Å². The summed E-state index contributed by atoms with van der Waals surface area (Å²) >= 11 is 0. The van der Waals surface area contributed by atoms with Crippen molar-refractivity contribution in [2.45, 2.75) is 32.5 Å². The highest BCUT2D eigenvalue weighted by molar-refractivity contribution is 5.24. The molecule has 3 nitrogen and oxygen atoms in total. The lowest BCUT2D eigenvalue weighted by molar-refractivity contribution is -0.0357. The minimum absolute atomic E-state index is 0.202. The van der Waals surface area contributed by atoms with Crippen molar-refractivity contribution in [2.75, 3.05) is 26.3 Å². The maximum atomic E-state index is 5.69. The lowest BCUT2D eigenvalue weighted by Gasteiger charge is -2.23. The molecule has 1 saturated heterocycles. The molecule has 0 saturated carbocycles. The van der Waals surface area contributed by atoms with Crippen LogP contribution < -0.4 is 5.32 Å². The van der Waals surface area contributed by atoms with Crippen molar-refractivity contribution in [1.29, 1.82) is 0 Å². The van der Waals surface area contributed by atoms with Crippen molar-refractivity contribution >= 4 is 0 Å². The van der Waals surface area contributed by atoms with Crippen molar-refractivity contribution in [3.05, 3.63) is 35.4 Å². The molecule has 1 aromatic carbocycles. The molecule has 0 spiro atoms. The normalized spacial score (nSPS) is 20.3. The average Bonchev–Trinajstić information content (AvgIpc) is 2.40. The number of ether oxygens (including phenoxy) is 2. The van der Waals surface area contributed by atoms with Crippen molar-refractivity contribution in [3.63, 3.8) is 0 Å². The third-order valence-corrected chi connectivity index (χ3v) is 3.22. The van der Waals surface area contributed by atoms with Gasteiger partial charge < -0.3 is 14.8 Å². The smallest absolute Gasteiger partial charge is 0.0933 e. The van der Waals surface area contributed by atoms with E-state index < -0.39 is 0 Å². The van der Waals surface area contributed by atoms with E-state index in [0.717, 1.165) is 19.7 Å². The van der Waals surface area contributed by atoms with E-state index in [9.17, 15) is 0 Å². The van der Waals surface area contributed by atoms with Crippen LogP contribution in [0.3, 0.4) is 0 Å². The second-order valence-corrected chi connectivity index (χ2v) is 5.11. The molecular weight excluding hydrogens is 226 g/mol. The van der Waals surface area contributed by atoms with Gasteiger partial charge in [-0.15, -0.1) is 0 Å². The molecule has 0 radical (unpaired) electrons. The maximum absolute atomic E-state index is 5.69. The van der Waals surface area contributed by atoms with Crippen LogP contribution in [0.4, 0.5) is 0 Å². The van der Waals surface area contributed by atoms with Gasteiger partial charge in [-0.3, -0.25) is 0 Å². The summed E-state index contributed by atoms with van der Waals surface area (Å²) < 4.78 is 11.3. The number of rotatable bonds is 5. The van der Waals surface area contributed by atoms with Crippen LogP contribution in [0.2, 0.25) is 0 Å². The molecule has 0 aliphatic carbocycles. The van der Waals surface area contributed by atoms with E-state index in [-0.39, 0.29) is 6.10 Å². The monoisotopic (exact) mass is 249 g/mol. The van der Waals surface area contributed by atoms with E-state index in [2.05, 4.69) is 43.4 Å². The quantitative estimate of drug-likeness (QED) is 0.868. The van der Waals surface area contributed by atoms with E-state index in [0.29, 0.717) is 19.1 Å². The molecule has 0 aromatic heterocycles. The predicted molar refractivity (Wildman–Crippen MR) is 72.8 cm³/mol. The van der Waals surface area contributed by atoms with E-state index in [1.807, 2.05) is 0 Å². The first-order valence-electron chi connectivity index (χ1n) is 6.74. The van der Waals surface area contributed by atoms with Crippen LogP contribution in [0.15, 0.2) is 24.3 Å². The number of nitrogens with one attached hydrogen (secondary N) is 1. The van der Waals surface area contributed by atoms with Gasteiger partial charge in [-0.25, -0.2) is 0 Å². The van der Waals surface area contributed by atoms with Gasteiger partial charge in [0, 0.05) is 13.1 Å². The largest absolute Gasteiger partial charge is 0.374 e. The van der Waals surface area contributed by atoms with Crippen LogP contribution >= 0.6 is 0 Å². The van der Waals surface area contributed by atoms with E-state index in [1.165, 1.54) is 11.1 Å². The molecular formula is C15H23NO2. The Labute approximate surface area is 109 Å². The molecule has 1 heterocycles. The van der Waals surface area contributed by atoms with Crippen LogP contribution in [-0.4, -0.2) is 32.4 Å². The Balaban J connectivity index is 1.72. The van der Waals surface area contributed by atoms with E-state index >= 15 is 0 Å². The molecule has 100 valence electrons. The topological polar surface area (TPSA) is 30.5 Å². The first kappa shape index (κ1) is 13.5. The van der Waals surface area contributed by atoms with Crippen LogP contribution in [0.1, 0.15) is 30.9 Å². The SMILES string of the molecule is CC(C)c1ccc(COCC2CNCCO2)cc1. The fourth-order valence-corrected chi connectivity index (χ4v) is 2.03. The molecule has 1 aromatic rings. The molecule has 1 atom stereocenters. The molecule has 18 heavy (non-hydrogen) atoms. The van der Waals surface area contributed by atoms with Crippen LogP contribution in [0.25, 0.3) is 0 Å². The minimum atomic E-state index is 0.202. The van der Waals surface area contributed by atoms with Crippen molar-refractivity contribution < 1.29 is 9.47 Å². The fraction of sp³-hybridized carbons (Fsp3) is 0.600. The highest BCUT2D eigenvalue weighted by Crippen LogP contribution is 2.15. The highest BCUT2D eigenvalue weighted by Gasteiger charge is 2.12. The summed E-state index contributed by atoms with van der Waals surface area (Å²) in [6.07, 6.45) is 0.202. The fourth-order valence-electron chi connectivity index (χ4n) is 2.03. The first-order chi connectivity index (χ1) is 8.75. The molecule has 0 bridgehead atoms. The molecule has 0 amide bonds. The summed E-state index contributed by atoms with van der Waals surface area (Å²) in [4.78, 5) is 0. The van der Waals surface area contributed by atoms with Gasteiger partial charge in [-0.1, -0.05) is 38.1 Å². The Morgan fingerprint density at radius 2 is 2.11 bits per heavy atom. The van der Waals surface area contributed by atoms with Crippen molar-refractivity contribution in [1.82, 2.24) is 5.32 Å². The number of benzene rings is 1. The minimum Gasteiger partial charge on any atom is -0.374 e. The Morgan fingerprint density at radius 3 is 2.72 bits per heavy atom. The van der Waals surface area contributed by atoms with Gasteiger partial charge in [-0.05, 0) is 17.0 Å². The van der Waals surface area contributed by atoms with Crippen molar-refractivity contribution in [3.8, 4) is 0 Å². The van der Waals surface area contributed by atoms with E-state index in [1.54, 1.807) is 0 Å². The van der Waals surface area contributed by atoms with Crippen molar-refractivity contribution in [2.24, 2.45) is 0 Å². The Kier molecular flexibility index (Phi) is 5.17. The van der Waals surface area contributed by atoms with Crippen LogP contribution in [0, 0.1) is 0 Å². The Bertz CT molecular complexity index is 342. The lowest BCUT2D eigenvalue weighted by Crippen LogP contribution is -2.40. The second kappa shape index (κ2) is 6.88. The van der Waals surface area contributed by atoms with Gasteiger partial charge in [0.25, 0.3) is 0 Å². The average molecular weight is 249 g/mol. The molecule has 1 fully saturated rings. The summed E-state index contributed by atoms with van der Waals surface area (Å²) in [7, 11) is 0.